The molecule has 1 aromatic rings. The second kappa shape index (κ2) is 4.39. The third-order valence-corrected chi connectivity index (χ3v) is 1.79. The molecule has 0 fully saturated rings. The van der Waals surface area contributed by atoms with Gasteiger partial charge in [0.2, 0.25) is 0 Å². The first-order valence-corrected chi connectivity index (χ1v) is 4.11. The molecule has 0 aromatic carbocycles. The van der Waals surface area contributed by atoms with Gasteiger partial charge in [0.25, 0.3) is 11.7 Å². The molecule has 0 aliphatic carbocycles. The number of carbonyl (C=O) groups is 1. The molecule has 0 aliphatic rings. The smallest absolute Gasteiger partial charge is 0.284 e. The van der Waals surface area contributed by atoms with Gasteiger partial charge in [-0.15, -0.1) is 0 Å². The molecule has 1 rings (SSSR count). The Morgan fingerprint density at radius 2 is 2.27 bits per heavy atom. The highest BCUT2D eigenvalue weighted by Crippen LogP contribution is 2.32. The predicted molar refractivity (Wildman–Crippen MR) is 47.6 cm³/mol. The van der Waals surface area contributed by atoms with E-state index in [1.165, 1.54) is 0 Å². The zero-order chi connectivity index (χ0) is 11.6. The van der Waals surface area contributed by atoms with E-state index >= 15 is 0 Å². The molecule has 15 heavy (non-hydrogen) atoms. The molecular formula is C8H6ClF2NO3. The first-order chi connectivity index (χ1) is 6.97. The summed E-state index contributed by atoms with van der Waals surface area (Å²) in [5.41, 5.74) is -1.35. The lowest BCUT2D eigenvalue weighted by Gasteiger charge is -2.08. The van der Waals surface area contributed by atoms with Gasteiger partial charge >= 0.3 is 0 Å². The molecule has 4 nitrogen and oxygen atoms in total. The average molecular weight is 238 g/mol. The molecule has 1 N–H and O–H groups in total. The second-order valence-electron chi connectivity index (χ2n) is 2.52. The van der Waals surface area contributed by atoms with Gasteiger partial charge in [-0.2, -0.15) is 0 Å². The summed E-state index contributed by atoms with van der Waals surface area (Å²) < 4.78 is 29.4. The molecule has 0 bridgehead atoms. The third kappa shape index (κ3) is 2.33. The van der Waals surface area contributed by atoms with Crippen LogP contribution in [0.5, 0.6) is 11.5 Å². The fourth-order valence-corrected chi connectivity index (χ4v) is 1.10. The van der Waals surface area contributed by atoms with Crippen molar-refractivity contribution in [3.63, 3.8) is 0 Å². The third-order valence-electron chi connectivity index (χ3n) is 1.61. The lowest BCUT2D eigenvalue weighted by molar-refractivity contribution is 0.107. The van der Waals surface area contributed by atoms with Crippen molar-refractivity contribution in [1.82, 2.24) is 4.98 Å². The van der Waals surface area contributed by atoms with E-state index in [1.807, 2.05) is 0 Å². The van der Waals surface area contributed by atoms with Gasteiger partial charge in [-0.25, -0.2) is 13.8 Å². The van der Waals surface area contributed by atoms with E-state index in [2.05, 4.69) is 9.72 Å². The van der Waals surface area contributed by atoms with E-state index in [1.54, 1.807) is 0 Å². The van der Waals surface area contributed by atoms with E-state index in [9.17, 15) is 18.7 Å². The number of methoxy groups -OCH3 is 1. The Bertz CT molecular complexity index is 398. The van der Waals surface area contributed by atoms with Gasteiger partial charge in [0.1, 0.15) is 17.2 Å². The summed E-state index contributed by atoms with van der Waals surface area (Å²) in [7, 11) is 1.14. The molecule has 0 amide bonds. The van der Waals surface area contributed by atoms with Crippen LogP contribution in [0.1, 0.15) is 22.6 Å². The number of halogens is 3. The maximum Gasteiger partial charge on any atom is 0.284 e. The van der Waals surface area contributed by atoms with Gasteiger partial charge in [-0.1, -0.05) is 0 Å². The number of ether oxygens (including phenoxy) is 1. The van der Waals surface area contributed by atoms with Crippen LogP contribution in [0.4, 0.5) is 8.78 Å². The number of aromatic nitrogens is 1. The number of hydrogen-bond acceptors (Lipinski definition) is 4. The topological polar surface area (TPSA) is 59.4 Å². The van der Waals surface area contributed by atoms with Crippen molar-refractivity contribution in [3.8, 4) is 11.5 Å². The molecule has 0 unspecified atom stereocenters. The maximum absolute atomic E-state index is 12.4. The number of alkyl halides is 2. The quantitative estimate of drug-likeness (QED) is 0.818. The minimum Gasteiger partial charge on any atom is -0.505 e. The van der Waals surface area contributed by atoms with Gasteiger partial charge in [0, 0.05) is 6.07 Å². The lowest BCUT2D eigenvalue weighted by Crippen LogP contribution is -2.02. The summed E-state index contributed by atoms with van der Waals surface area (Å²) in [5.74, 6) is -0.902. The van der Waals surface area contributed by atoms with E-state index in [0.717, 1.165) is 13.2 Å². The van der Waals surface area contributed by atoms with E-state index in [-0.39, 0.29) is 5.75 Å². The highest BCUT2D eigenvalue weighted by molar-refractivity contribution is 6.67. The SMILES string of the molecule is COc1cc(O)c(C(=O)Cl)nc1C(F)F. The van der Waals surface area contributed by atoms with E-state index in [4.69, 9.17) is 11.6 Å². The molecule has 0 radical (unpaired) electrons. The van der Waals surface area contributed by atoms with Crippen LogP contribution in [-0.2, 0) is 0 Å². The van der Waals surface area contributed by atoms with Crippen LogP contribution in [0.25, 0.3) is 0 Å². The van der Waals surface area contributed by atoms with Crippen molar-refractivity contribution >= 4 is 16.8 Å². The molecule has 1 heterocycles. The van der Waals surface area contributed by atoms with Gasteiger partial charge in [0.15, 0.2) is 5.69 Å². The van der Waals surface area contributed by atoms with Crippen LogP contribution >= 0.6 is 11.6 Å². The lowest BCUT2D eigenvalue weighted by atomic mass is 10.2. The average Bonchev–Trinajstić information content (AvgIpc) is 2.16. The van der Waals surface area contributed by atoms with Gasteiger partial charge in [0.05, 0.1) is 7.11 Å². The maximum atomic E-state index is 12.4. The van der Waals surface area contributed by atoms with Crippen molar-refractivity contribution in [2.24, 2.45) is 0 Å². The first kappa shape index (κ1) is 11.6. The Kier molecular flexibility index (Phi) is 3.41. The summed E-state index contributed by atoms with van der Waals surface area (Å²) in [6.07, 6.45) is -2.92. The standard InChI is InChI=1S/C8H6ClF2NO3/c1-15-4-2-3(13)5(7(9)14)12-6(4)8(10)11/h2,8,13H,1H3. The van der Waals surface area contributed by atoms with E-state index in [0.29, 0.717) is 0 Å². The fourth-order valence-electron chi connectivity index (χ4n) is 0.964. The normalized spacial score (nSPS) is 10.5. The van der Waals surface area contributed by atoms with Crippen LogP contribution in [0.15, 0.2) is 6.07 Å². The predicted octanol–water partition coefficient (Wildman–Crippen LogP) is 2.11. The number of rotatable bonds is 3. The van der Waals surface area contributed by atoms with Crippen LogP contribution in [0, 0.1) is 0 Å². The molecule has 1 aromatic heterocycles. The number of nitrogens with zero attached hydrogens (tertiary/aromatic N) is 1. The molecule has 7 heteroatoms. The molecular weight excluding hydrogens is 232 g/mol. The largest absolute Gasteiger partial charge is 0.505 e. The van der Waals surface area contributed by atoms with Crippen molar-refractivity contribution < 1.29 is 23.4 Å². The minimum atomic E-state index is -2.92. The Morgan fingerprint density at radius 1 is 1.67 bits per heavy atom. The Balaban J connectivity index is 3.37. The van der Waals surface area contributed by atoms with Crippen molar-refractivity contribution in [3.05, 3.63) is 17.5 Å². The first-order valence-electron chi connectivity index (χ1n) is 3.73. The molecule has 0 spiro atoms. The van der Waals surface area contributed by atoms with Crippen LogP contribution in [-0.4, -0.2) is 22.4 Å². The summed E-state index contributed by atoms with van der Waals surface area (Å²) in [6, 6.07) is 0.865. The fraction of sp³-hybridized carbons (Fsp3) is 0.250. The summed E-state index contributed by atoms with van der Waals surface area (Å²) >= 11 is 5.03. The van der Waals surface area contributed by atoms with Crippen LogP contribution in [0.3, 0.4) is 0 Å². The Morgan fingerprint density at radius 3 is 2.67 bits per heavy atom. The van der Waals surface area contributed by atoms with Crippen molar-refractivity contribution in [1.29, 1.82) is 0 Å². The molecule has 0 atom stereocenters. The monoisotopic (exact) mass is 237 g/mol. The van der Waals surface area contributed by atoms with Gasteiger partial charge < -0.3 is 9.84 Å². The summed E-state index contributed by atoms with van der Waals surface area (Å²) in [4.78, 5) is 13.9. The minimum absolute atomic E-state index is 0.302. The zero-order valence-electron chi connectivity index (χ0n) is 7.50. The highest BCUT2D eigenvalue weighted by Gasteiger charge is 2.21. The summed E-state index contributed by atoms with van der Waals surface area (Å²) in [5, 5.41) is 8.09. The Labute approximate surface area is 88.4 Å². The van der Waals surface area contributed by atoms with Gasteiger partial charge in [-0.3, -0.25) is 4.79 Å². The van der Waals surface area contributed by atoms with Crippen LogP contribution in [0.2, 0.25) is 0 Å². The van der Waals surface area contributed by atoms with Crippen molar-refractivity contribution in [2.75, 3.05) is 7.11 Å². The zero-order valence-corrected chi connectivity index (χ0v) is 8.26. The number of hydrogen-bond donors (Lipinski definition) is 1. The molecule has 0 saturated carbocycles. The number of carbonyl (C=O) groups excluding carboxylic acids is 1. The highest BCUT2D eigenvalue weighted by atomic mass is 35.5. The molecule has 0 saturated heterocycles. The van der Waals surface area contributed by atoms with E-state index < -0.39 is 28.8 Å². The number of aromatic hydroxyl groups is 1. The second-order valence-corrected chi connectivity index (χ2v) is 2.86. The summed E-state index contributed by atoms with van der Waals surface area (Å²) in [6.45, 7) is 0. The molecule has 0 aliphatic heterocycles. The van der Waals surface area contributed by atoms with Crippen LogP contribution < -0.4 is 4.74 Å². The molecule has 82 valence electrons. The number of pyridine rings is 1. The Hall–Kier alpha value is -1.43. The van der Waals surface area contributed by atoms with Crippen molar-refractivity contribution in [2.45, 2.75) is 6.43 Å². The van der Waals surface area contributed by atoms with Gasteiger partial charge in [-0.05, 0) is 11.6 Å².